The van der Waals surface area contributed by atoms with Crippen LogP contribution in [-0.4, -0.2) is 6.09 Å². The molecule has 1 N–H and O–H groups in total. The van der Waals surface area contributed by atoms with Crippen molar-refractivity contribution >= 4 is 34.4 Å². The Hall–Kier alpha value is -1.70. The molecule has 2 rings (SSSR count). The van der Waals surface area contributed by atoms with Crippen LogP contribution in [0.4, 0.5) is 19.3 Å². The van der Waals surface area contributed by atoms with E-state index in [1.807, 2.05) is 30.3 Å². The van der Waals surface area contributed by atoms with Gasteiger partial charge in [-0.25, -0.2) is 13.6 Å². The van der Waals surface area contributed by atoms with E-state index in [4.69, 9.17) is 4.74 Å². The van der Waals surface area contributed by atoms with Gasteiger partial charge in [0.15, 0.2) is 11.6 Å². The summed E-state index contributed by atoms with van der Waals surface area (Å²) < 4.78 is 31.4. The number of benzene rings is 2. The van der Waals surface area contributed by atoms with Crippen molar-refractivity contribution in [3.63, 3.8) is 0 Å². The summed E-state index contributed by atoms with van der Waals surface area (Å²) in [4.78, 5) is 11.6. The number of carbonyl (C=O) groups is 1. The third-order valence-electron chi connectivity index (χ3n) is 2.46. The molecule has 0 saturated heterocycles. The highest BCUT2D eigenvalue weighted by Crippen LogP contribution is 2.22. The Morgan fingerprint density at radius 2 is 1.80 bits per heavy atom. The highest BCUT2D eigenvalue weighted by atomic mass is 127. The largest absolute Gasteiger partial charge is 0.444 e. The van der Waals surface area contributed by atoms with Crippen LogP contribution in [0.25, 0.3) is 0 Å². The first-order chi connectivity index (χ1) is 9.56. The smallest absolute Gasteiger partial charge is 0.411 e. The van der Waals surface area contributed by atoms with Gasteiger partial charge in [-0.05, 0) is 34.2 Å². The van der Waals surface area contributed by atoms with E-state index >= 15 is 0 Å². The number of anilines is 1. The second-order valence-electron chi connectivity index (χ2n) is 3.93. The Morgan fingerprint density at radius 3 is 2.50 bits per heavy atom. The lowest BCUT2D eigenvalue weighted by molar-refractivity contribution is 0.155. The molecule has 3 nitrogen and oxygen atoms in total. The van der Waals surface area contributed by atoms with Crippen LogP contribution in [0.15, 0.2) is 42.5 Å². The Labute approximate surface area is 128 Å². The molecule has 0 aliphatic heterocycles. The van der Waals surface area contributed by atoms with Crippen LogP contribution in [0.5, 0.6) is 0 Å². The SMILES string of the molecule is O=C(Nc1cc(F)c(F)cc1I)OCc1ccccc1. The van der Waals surface area contributed by atoms with Crippen LogP contribution in [0.2, 0.25) is 0 Å². The van der Waals surface area contributed by atoms with Crippen LogP contribution in [0.3, 0.4) is 0 Å². The number of carbonyl (C=O) groups excluding carboxylic acids is 1. The normalized spacial score (nSPS) is 10.2. The molecule has 0 aliphatic carbocycles. The summed E-state index contributed by atoms with van der Waals surface area (Å²) in [7, 11) is 0. The summed E-state index contributed by atoms with van der Waals surface area (Å²) in [6.07, 6.45) is -0.724. The van der Waals surface area contributed by atoms with Crippen LogP contribution >= 0.6 is 22.6 Å². The topological polar surface area (TPSA) is 38.3 Å². The molecule has 1 amide bonds. The molecule has 0 aromatic heterocycles. The molecule has 6 heteroatoms. The lowest BCUT2D eigenvalue weighted by Crippen LogP contribution is -2.14. The molecule has 0 saturated carbocycles. The second kappa shape index (κ2) is 6.65. The minimum absolute atomic E-state index is 0.104. The lowest BCUT2D eigenvalue weighted by Gasteiger charge is -2.09. The van der Waals surface area contributed by atoms with Gasteiger partial charge in [0.2, 0.25) is 0 Å². The zero-order valence-corrected chi connectivity index (χ0v) is 12.4. The van der Waals surface area contributed by atoms with Gasteiger partial charge in [-0.1, -0.05) is 30.3 Å². The van der Waals surface area contributed by atoms with Crippen LogP contribution in [-0.2, 0) is 11.3 Å². The van der Waals surface area contributed by atoms with Gasteiger partial charge in [0.25, 0.3) is 0 Å². The molecule has 0 fully saturated rings. The fraction of sp³-hybridized carbons (Fsp3) is 0.0714. The monoisotopic (exact) mass is 389 g/mol. The Bertz CT molecular complexity index is 620. The minimum atomic E-state index is -1.02. The molecule has 0 bridgehead atoms. The predicted octanol–water partition coefficient (Wildman–Crippen LogP) is 4.32. The molecular weight excluding hydrogens is 379 g/mol. The fourth-order valence-electron chi connectivity index (χ4n) is 1.49. The van der Waals surface area contributed by atoms with E-state index in [0.29, 0.717) is 3.57 Å². The summed E-state index contributed by atoms with van der Waals surface area (Å²) >= 11 is 1.80. The predicted molar refractivity (Wildman–Crippen MR) is 79.3 cm³/mol. The molecule has 2 aromatic rings. The van der Waals surface area contributed by atoms with Crippen molar-refractivity contribution in [1.29, 1.82) is 0 Å². The van der Waals surface area contributed by atoms with Crippen molar-refractivity contribution in [3.05, 3.63) is 63.2 Å². The average Bonchev–Trinajstić information content (AvgIpc) is 2.44. The summed E-state index contributed by atoms with van der Waals surface area (Å²) in [5.74, 6) is -1.98. The Morgan fingerprint density at radius 1 is 1.15 bits per heavy atom. The number of halogens is 3. The Kier molecular flexibility index (Phi) is 4.89. The van der Waals surface area contributed by atoms with E-state index in [1.54, 1.807) is 22.6 Å². The maximum absolute atomic E-state index is 13.1. The van der Waals surface area contributed by atoms with E-state index in [-0.39, 0.29) is 12.3 Å². The number of rotatable bonds is 3. The molecule has 2 aromatic carbocycles. The summed E-state index contributed by atoms with van der Waals surface area (Å²) in [5, 5.41) is 2.37. The van der Waals surface area contributed by atoms with Crippen molar-refractivity contribution in [1.82, 2.24) is 0 Å². The van der Waals surface area contributed by atoms with Gasteiger partial charge in [-0.2, -0.15) is 0 Å². The molecule has 20 heavy (non-hydrogen) atoms. The third kappa shape index (κ3) is 3.89. The first kappa shape index (κ1) is 14.7. The van der Waals surface area contributed by atoms with Gasteiger partial charge in [0.05, 0.1) is 5.69 Å². The number of hydrogen-bond acceptors (Lipinski definition) is 2. The summed E-state index contributed by atoms with van der Waals surface area (Å²) in [5.41, 5.74) is 1.00. The zero-order chi connectivity index (χ0) is 14.5. The number of ether oxygens (including phenoxy) is 1. The highest BCUT2D eigenvalue weighted by Gasteiger charge is 2.11. The van der Waals surface area contributed by atoms with Gasteiger partial charge in [0.1, 0.15) is 6.61 Å². The van der Waals surface area contributed by atoms with Crippen LogP contribution in [0.1, 0.15) is 5.56 Å². The van der Waals surface area contributed by atoms with Crippen molar-refractivity contribution < 1.29 is 18.3 Å². The van der Waals surface area contributed by atoms with Crippen LogP contribution in [0, 0.1) is 15.2 Å². The quantitative estimate of drug-likeness (QED) is 0.628. The van der Waals surface area contributed by atoms with E-state index < -0.39 is 17.7 Å². The molecule has 0 atom stereocenters. The average molecular weight is 389 g/mol. The van der Waals surface area contributed by atoms with Crippen molar-refractivity contribution in [2.45, 2.75) is 6.61 Å². The zero-order valence-electron chi connectivity index (χ0n) is 10.2. The van der Waals surface area contributed by atoms with Crippen molar-refractivity contribution in [2.75, 3.05) is 5.32 Å². The summed E-state index contributed by atoms with van der Waals surface area (Å²) in [6.45, 7) is 0.104. The number of hydrogen-bond donors (Lipinski definition) is 1. The first-order valence-electron chi connectivity index (χ1n) is 5.68. The second-order valence-corrected chi connectivity index (χ2v) is 5.10. The maximum atomic E-state index is 13.1. The molecule has 0 unspecified atom stereocenters. The standard InChI is InChI=1S/C14H10F2INO2/c15-10-6-12(17)13(7-11(10)16)18-14(19)20-8-9-4-2-1-3-5-9/h1-7H,8H2,(H,18,19). The third-order valence-corrected chi connectivity index (χ3v) is 3.35. The van der Waals surface area contributed by atoms with E-state index in [0.717, 1.165) is 17.7 Å². The number of amides is 1. The van der Waals surface area contributed by atoms with Crippen molar-refractivity contribution in [2.24, 2.45) is 0 Å². The number of nitrogens with one attached hydrogen (secondary N) is 1. The molecular formula is C14H10F2INO2. The fourth-order valence-corrected chi connectivity index (χ4v) is 2.05. The van der Waals surface area contributed by atoms with Crippen LogP contribution < -0.4 is 5.32 Å². The van der Waals surface area contributed by atoms with Gasteiger partial charge in [-0.15, -0.1) is 0 Å². The van der Waals surface area contributed by atoms with E-state index in [1.165, 1.54) is 0 Å². The molecule has 0 spiro atoms. The summed E-state index contributed by atoms with van der Waals surface area (Å²) in [6, 6.07) is 11.1. The molecule has 0 aliphatic rings. The van der Waals surface area contributed by atoms with Gasteiger partial charge in [0, 0.05) is 9.64 Å². The van der Waals surface area contributed by atoms with Gasteiger partial charge in [-0.3, -0.25) is 5.32 Å². The lowest BCUT2D eigenvalue weighted by atomic mass is 10.2. The van der Waals surface area contributed by atoms with Crippen molar-refractivity contribution in [3.8, 4) is 0 Å². The van der Waals surface area contributed by atoms with E-state index in [2.05, 4.69) is 5.32 Å². The maximum Gasteiger partial charge on any atom is 0.411 e. The molecule has 104 valence electrons. The first-order valence-corrected chi connectivity index (χ1v) is 6.76. The Balaban J connectivity index is 1.97. The van der Waals surface area contributed by atoms with E-state index in [9.17, 15) is 13.6 Å². The molecule has 0 heterocycles. The minimum Gasteiger partial charge on any atom is -0.444 e. The van der Waals surface area contributed by atoms with Gasteiger partial charge >= 0.3 is 6.09 Å². The molecule has 0 radical (unpaired) electrons. The highest BCUT2D eigenvalue weighted by molar-refractivity contribution is 14.1. The van der Waals surface area contributed by atoms with Gasteiger partial charge < -0.3 is 4.74 Å².